The van der Waals surface area contributed by atoms with Crippen LogP contribution in [0.2, 0.25) is 0 Å². The molecule has 4 heteroatoms. The Morgan fingerprint density at radius 3 is 2.53 bits per heavy atom. The van der Waals surface area contributed by atoms with Gasteiger partial charge in [-0.05, 0) is 19.3 Å². The number of amides is 1. The van der Waals surface area contributed by atoms with Crippen molar-refractivity contribution in [3.63, 3.8) is 0 Å². The van der Waals surface area contributed by atoms with Gasteiger partial charge in [0.25, 0.3) is 0 Å². The molecule has 0 rings (SSSR count). The highest BCUT2D eigenvalue weighted by Gasteiger charge is 2.11. The normalized spacial score (nSPS) is 10.3. The molecule has 90 valence electrons. The number of rotatable bonds is 9. The Morgan fingerprint density at radius 2 is 2.00 bits per heavy atom. The molecule has 0 aliphatic rings. The van der Waals surface area contributed by atoms with Gasteiger partial charge in [0.15, 0.2) is 0 Å². The largest absolute Gasteiger partial charge is 0.395 e. The van der Waals surface area contributed by atoms with Gasteiger partial charge in [-0.15, -0.1) is 0 Å². The SMILES string of the molecule is CCCCN(CCO)C(=O)CCCCBr. The van der Waals surface area contributed by atoms with Crippen molar-refractivity contribution < 1.29 is 9.90 Å². The summed E-state index contributed by atoms with van der Waals surface area (Å²) in [4.78, 5) is 13.5. The highest BCUT2D eigenvalue weighted by Crippen LogP contribution is 2.04. The molecule has 0 aromatic rings. The van der Waals surface area contributed by atoms with Gasteiger partial charge in [0.05, 0.1) is 6.61 Å². The Bertz CT molecular complexity index is 165. The second kappa shape index (κ2) is 10.4. The lowest BCUT2D eigenvalue weighted by Gasteiger charge is -2.21. The van der Waals surface area contributed by atoms with Gasteiger partial charge in [0, 0.05) is 24.8 Å². The highest BCUT2D eigenvalue weighted by molar-refractivity contribution is 9.09. The Morgan fingerprint density at radius 1 is 1.27 bits per heavy atom. The van der Waals surface area contributed by atoms with Crippen LogP contribution in [0.5, 0.6) is 0 Å². The maximum atomic E-state index is 11.7. The van der Waals surface area contributed by atoms with E-state index >= 15 is 0 Å². The molecule has 0 aliphatic heterocycles. The summed E-state index contributed by atoms with van der Waals surface area (Å²) in [5.74, 6) is 0.179. The molecule has 0 bridgehead atoms. The van der Waals surface area contributed by atoms with Crippen molar-refractivity contribution in [3.05, 3.63) is 0 Å². The fourth-order valence-corrected chi connectivity index (χ4v) is 1.76. The molecule has 0 unspecified atom stereocenters. The zero-order valence-corrected chi connectivity index (χ0v) is 11.1. The van der Waals surface area contributed by atoms with Crippen molar-refractivity contribution in [3.8, 4) is 0 Å². The van der Waals surface area contributed by atoms with E-state index in [0.717, 1.165) is 37.6 Å². The van der Waals surface area contributed by atoms with Crippen molar-refractivity contribution in [1.82, 2.24) is 4.90 Å². The van der Waals surface area contributed by atoms with E-state index in [2.05, 4.69) is 22.9 Å². The van der Waals surface area contributed by atoms with Gasteiger partial charge < -0.3 is 10.0 Å². The minimum Gasteiger partial charge on any atom is -0.395 e. The van der Waals surface area contributed by atoms with Crippen molar-refractivity contribution in [2.24, 2.45) is 0 Å². The van der Waals surface area contributed by atoms with Crippen LogP contribution < -0.4 is 0 Å². The monoisotopic (exact) mass is 279 g/mol. The van der Waals surface area contributed by atoms with Gasteiger partial charge in [-0.2, -0.15) is 0 Å². The maximum Gasteiger partial charge on any atom is 0.222 e. The number of carbonyl (C=O) groups is 1. The van der Waals surface area contributed by atoms with E-state index in [9.17, 15) is 4.79 Å². The van der Waals surface area contributed by atoms with Crippen molar-refractivity contribution in [2.45, 2.75) is 39.0 Å². The lowest BCUT2D eigenvalue weighted by molar-refractivity contribution is -0.131. The predicted molar refractivity (Wildman–Crippen MR) is 66.2 cm³/mol. The van der Waals surface area contributed by atoms with Gasteiger partial charge in [-0.1, -0.05) is 29.3 Å². The van der Waals surface area contributed by atoms with Crippen LogP contribution in [0.25, 0.3) is 0 Å². The molecule has 0 saturated heterocycles. The summed E-state index contributed by atoms with van der Waals surface area (Å²) >= 11 is 3.34. The summed E-state index contributed by atoms with van der Waals surface area (Å²) < 4.78 is 0. The third-order valence-electron chi connectivity index (χ3n) is 2.28. The highest BCUT2D eigenvalue weighted by atomic mass is 79.9. The van der Waals surface area contributed by atoms with Crippen LogP contribution >= 0.6 is 15.9 Å². The molecule has 0 atom stereocenters. The quantitative estimate of drug-likeness (QED) is 0.519. The number of carbonyl (C=O) groups excluding carboxylic acids is 1. The predicted octanol–water partition coefficient (Wildman–Crippen LogP) is 2.17. The summed E-state index contributed by atoms with van der Waals surface area (Å²) in [6.07, 6.45) is 4.67. The van der Waals surface area contributed by atoms with E-state index in [0.29, 0.717) is 13.0 Å². The van der Waals surface area contributed by atoms with Crippen LogP contribution in [0.15, 0.2) is 0 Å². The van der Waals surface area contributed by atoms with Crippen LogP contribution in [0.1, 0.15) is 39.0 Å². The van der Waals surface area contributed by atoms with Crippen molar-refractivity contribution in [2.75, 3.05) is 25.0 Å². The van der Waals surface area contributed by atoms with E-state index in [-0.39, 0.29) is 12.5 Å². The van der Waals surface area contributed by atoms with E-state index in [1.54, 1.807) is 4.90 Å². The summed E-state index contributed by atoms with van der Waals surface area (Å²) in [6.45, 7) is 3.43. The molecule has 0 spiro atoms. The van der Waals surface area contributed by atoms with Crippen LogP contribution in [0, 0.1) is 0 Å². The molecule has 3 nitrogen and oxygen atoms in total. The average Bonchev–Trinajstić information content (AvgIpc) is 2.24. The first-order valence-corrected chi connectivity index (χ1v) is 6.83. The van der Waals surface area contributed by atoms with Crippen molar-refractivity contribution in [1.29, 1.82) is 0 Å². The lowest BCUT2D eigenvalue weighted by atomic mass is 10.2. The van der Waals surface area contributed by atoms with Gasteiger partial charge in [-0.3, -0.25) is 4.79 Å². The van der Waals surface area contributed by atoms with Crippen LogP contribution in [-0.4, -0.2) is 40.9 Å². The molecular formula is C11H22BrNO2. The molecule has 0 saturated carbocycles. The number of hydrogen-bond donors (Lipinski definition) is 1. The number of halogens is 1. The Balaban J connectivity index is 3.81. The molecule has 1 amide bonds. The number of aliphatic hydroxyl groups is 1. The third-order valence-corrected chi connectivity index (χ3v) is 2.84. The summed E-state index contributed by atoms with van der Waals surface area (Å²) in [7, 11) is 0. The maximum absolute atomic E-state index is 11.7. The Hall–Kier alpha value is -0.0900. The molecule has 0 radical (unpaired) electrons. The molecule has 0 aliphatic carbocycles. The van der Waals surface area contributed by atoms with Gasteiger partial charge in [0.1, 0.15) is 0 Å². The standard InChI is InChI=1S/C11H22BrNO2/c1-2-3-8-13(9-10-14)11(15)6-4-5-7-12/h14H,2-10H2,1H3. The molecule has 0 aromatic heterocycles. The molecular weight excluding hydrogens is 258 g/mol. The van der Waals surface area contributed by atoms with E-state index in [1.807, 2.05) is 0 Å². The zero-order chi connectivity index (χ0) is 11.5. The van der Waals surface area contributed by atoms with E-state index in [4.69, 9.17) is 5.11 Å². The minimum absolute atomic E-state index is 0.0634. The number of unbranched alkanes of at least 4 members (excludes halogenated alkanes) is 2. The van der Waals surface area contributed by atoms with E-state index in [1.165, 1.54) is 0 Å². The molecule has 0 fully saturated rings. The minimum atomic E-state index is 0.0634. The second-order valence-corrected chi connectivity index (χ2v) is 4.40. The Labute approximate surface area is 101 Å². The lowest BCUT2D eigenvalue weighted by Crippen LogP contribution is -2.34. The number of hydrogen-bond acceptors (Lipinski definition) is 2. The van der Waals surface area contributed by atoms with Gasteiger partial charge >= 0.3 is 0 Å². The molecule has 1 N–H and O–H groups in total. The van der Waals surface area contributed by atoms with Crippen LogP contribution in [-0.2, 0) is 4.79 Å². The fourth-order valence-electron chi connectivity index (χ4n) is 1.36. The zero-order valence-electron chi connectivity index (χ0n) is 9.54. The van der Waals surface area contributed by atoms with Crippen molar-refractivity contribution >= 4 is 21.8 Å². The molecule has 0 aromatic carbocycles. The smallest absolute Gasteiger partial charge is 0.222 e. The Kier molecular flexibility index (Phi) is 10.4. The number of aliphatic hydroxyl groups excluding tert-OH is 1. The first-order chi connectivity index (χ1) is 7.26. The van der Waals surface area contributed by atoms with Crippen LogP contribution in [0.4, 0.5) is 0 Å². The average molecular weight is 280 g/mol. The van der Waals surface area contributed by atoms with Gasteiger partial charge in [-0.25, -0.2) is 0 Å². The number of alkyl halides is 1. The van der Waals surface area contributed by atoms with Gasteiger partial charge in [0.2, 0.25) is 5.91 Å². The summed E-state index contributed by atoms with van der Waals surface area (Å²) in [5.41, 5.74) is 0. The fraction of sp³-hybridized carbons (Fsp3) is 0.909. The first-order valence-electron chi connectivity index (χ1n) is 5.70. The van der Waals surface area contributed by atoms with Crippen LogP contribution in [0.3, 0.4) is 0 Å². The topological polar surface area (TPSA) is 40.5 Å². The molecule has 0 heterocycles. The first kappa shape index (κ1) is 14.9. The van der Waals surface area contributed by atoms with E-state index < -0.39 is 0 Å². The number of nitrogens with zero attached hydrogens (tertiary/aromatic N) is 1. The summed E-state index contributed by atoms with van der Waals surface area (Å²) in [6, 6.07) is 0. The third kappa shape index (κ3) is 7.79. The summed E-state index contributed by atoms with van der Waals surface area (Å²) in [5, 5.41) is 9.81. The molecule has 15 heavy (non-hydrogen) atoms. The second-order valence-electron chi connectivity index (χ2n) is 3.60.